The van der Waals surface area contributed by atoms with Crippen LogP contribution in [0.4, 0.5) is 0 Å². The van der Waals surface area contributed by atoms with E-state index in [1.165, 1.54) is 22.2 Å². The molecule has 0 amide bonds. The van der Waals surface area contributed by atoms with Crippen molar-refractivity contribution in [1.82, 2.24) is 4.57 Å². The maximum atomic E-state index is 5.92. The fraction of sp³-hybridized carbons (Fsp3) is 0.222. The topological polar surface area (TPSA) is 14.2 Å². The minimum absolute atomic E-state index is 0.603. The molecule has 0 unspecified atom stereocenters. The number of fused-ring (bicyclic) bond motifs is 1. The lowest BCUT2D eigenvalue weighted by Crippen LogP contribution is -2.04. The second kappa shape index (κ2) is 5.41. The van der Waals surface area contributed by atoms with Crippen LogP contribution >= 0.6 is 0 Å². The summed E-state index contributed by atoms with van der Waals surface area (Å²) in [6.45, 7) is 5.81. The minimum atomic E-state index is 0.603. The summed E-state index contributed by atoms with van der Waals surface area (Å²) in [5, 5.41) is 1.28. The maximum Gasteiger partial charge on any atom is 0.128 e. The molecule has 0 N–H and O–H groups in total. The van der Waals surface area contributed by atoms with Crippen molar-refractivity contribution in [3.63, 3.8) is 0 Å². The van der Waals surface area contributed by atoms with Gasteiger partial charge in [-0.1, -0.05) is 30.3 Å². The molecule has 2 heteroatoms. The van der Waals surface area contributed by atoms with Gasteiger partial charge in [0.05, 0.1) is 5.69 Å². The van der Waals surface area contributed by atoms with E-state index < -0.39 is 0 Å². The normalized spacial score (nSPS) is 10.9. The van der Waals surface area contributed by atoms with E-state index in [0.29, 0.717) is 6.61 Å². The zero-order valence-corrected chi connectivity index (χ0v) is 12.0. The van der Waals surface area contributed by atoms with Crippen LogP contribution in [-0.2, 0) is 13.2 Å². The average Bonchev–Trinajstić information content (AvgIpc) is 2.82. The third-order valence-electron chi connectivity index (χ3n) is 3.59. The summed E-state index contributed by atoms with van der Waals surface area (Å²) in [5.41, 5.74) is 3.71. The SMILES string of the molecule is CCn1c(COc2cccc(C)c2)cc2ccccc21. The van der Waals surface area contributed by atoms with E-state index in [2.05, 4.69) is 60.9 Å². The molecule has 1 heterocycles. The largest absolute Gasteiger partial charge is 0.487 e. The zero-order chi connectivity index (χ0) is 13.9. The lowest BCUT2D eigenvalue weighted by atomic mass is 10.2. The predicted molar refractivity (Wildman–Crippen MR) is 83.1 cm³/mol. The van der Waals surface area contributed by atoms with Gasteiger partial charge in [0, 0.05) is 12.1 Å². The molecule has 3 rings (SSSR count). The number of benzene rings is 2. The number of ether oxygens (including phenoxy) is 1. The lowest BCUT2D eigenvalue weighted by molar-refractivity contribution is 0.296. The molecule has 0 atom stereocenters. The summed E-state index contributed by atoms with van der Waals surface area (Å²) in [4.78, 5) is 0. The summed E-state index contributed by atoms with van der Waals surface area (Å²) in [6.07, 6.45) is 0. The molecule has 2 nitrogen and oxygen atoms in total. The molecule has 2 aromatic carbocycles. The molecular weight excluding hydrogens is 246 g/mol. The van der Waals surface area contributed by atoms with Gasteiger partial charge in [0.15, 0.2) is 0 Å². The van der Waals surface area contributed by atoms with E-state index in [4.69, 9.17) is 4.74 Å². The van der Waals surface area contributed by atoms with E-state index in [-0.39, 0.29) is 0 Å². The molecule has 0 saturated carbocycles. The van der Waals surface area contributed by atoms with Gasteiger partial charge >= 0.3 is 0 Å². The van der Waals surface area contributed by atoms with Gasteiger partial charge in [-0.3, -0.25) is 0 Å². The van der Waals surface area contributed by atoms with Crippen LogP contribution in [0.25, 0.3) is 10.9 Å². The Hall–Kier alpha value is -2.22. The zero-order valence-electron chi connectivity index (χ0n) is 12.0. The van der Waals surface area contributed by atoms with Crippen molar-refractivity contribution in [1.29, 1.82) is 0 Å². The standard InChI is InChI=1S/C18H19NO/c1-3-19-16(12-15-8-4-5-10-18(15)19)13-20-17-9-6-7-14(2)11-17/h4-12H,3,13H2,1-2H3. The molecule has 0 bridgehead atoms. The van der Waals surface area contributed by atoms with E-state index in [1.54, 1.807) is 0 Å². The summed E-state index contributed by atoms with van der Waals surface area (Å²) in [5.74, 6) is 0.929. The number of hydrogen-bond acceptors (Lipinski definition) is 1. The van der Waals surface area contributed by atoms with Gasteiger partial charge in [0.25, 0.3) is 0 Å². The first-order chi connectivity index (χ1) is 9.78. The smallest absolute Gasteiger partial charge is 0.128 e. The first-order valence-corrected chi connectivity index (χ1v) is 7.04. The van der Waals surface area contributed by atoms with Crippen LogP contribution in [0.3, 0.4) is 0 Å². The van der Waals surface area contributed by atoms with Crippen LogP contribution in [0, 0.1) is 6.92 Å². The molecule has 20 heavy (non-hydrogen) atoms. The van der Waals surface area contributed by atoms with Crippen LogP contribution in [-0.4, -0.2) is 4.57 Å². The van der Waals surface area contributed by atoms with E-state index in [1.807, 2.05) is 12.1 Å². The summed E-state index contributed by atoms with van der Waals surface area (Å²) >= 11 is 0. The van der Waals surface area contributed by atoms with Crippen molar-refractivity contribution in [3.8, 4) is 5.75 Å². The van der Waals surface area contributed by atoms with Gasteiger partial charge in [-0.2, -0.15) is 0 Å². The molecule has 0 radical (unpaired) electrons. The lowest BCUT2D eigenvalue weighted by Gasteiger charge is -2.10. The number of aromatic nitrogens is 1. The summed E-state index contributed by atoms with van der Waals surface area (Å²) < 4.78 is 8.23. The fourth-order valence-electron chi connectivity index (χ4n) is 2.62. The third kappa shape index (κ3) is 2.42. The first-order valence-electron chi connectivity index (χ1n) is 7.04. The Balaban J connectivity index is 1.87. The molecule has 0 fully saturated rings. The third-order valence-corrected chi connectivity index (χ3v) is 3.59. The van der Waals surface area contributed by atoms with Crippen LogP contribution in [0.15, 0.2) is 54.6 Å². The first kappa shape index (κ1) is 12.8. The Kier molecular flexibility index (Phi) is 3.46. The number of rotatable bonds is 4. The van der Waals surface area contributed by atoms with Crippen LogP contribution in [0.1, 0.15) is 18.2 Å². The Bertz CT molecular complexity index is 727. The van der Waals surface area contributed by atoms with Crippen molar-refractivity contribution >= 4 is 10.9 Å². The average molecular weight is 265 g/mol. The van der Waals surface area contributed by atoms with Crippen LogP contribution < -0.4 is 4.74 Å². The number of nitrogens with zero attached hydrogens (tertiary/aromatic N) is 1. The predicted octanol–water partition coefficient (Wildman–Crippen LogP) is 4.55. The highest BCUT2D eigenvalue weighted by Gasteiger charge is 2.07. The number of aryl methyl sites for hydroxylation is 2. The van der Waals surface area contributed by atoms with Crippen molar-refractivity contribution in [2.45, 2.75) is 27.0 Å². The quantitative estimate of drug-likeness (QED) is 0.675. The van der Waals surface area contributed by atoms with Gasteiger partial charge in [-0.25, -0.2) is 0 Å². The Morgan fingerprint density at radius 3 is 2.65 bits per heavy atom. The fourth-order valence-corrected chi connectivity index (χ4v) is 2.62. The van der Waals surface area contributed by atoms with Crippen molar-refractivity contribution in [2.75, 3.05) is 0 Å². The number of hydrogen-bond donors (Lipinski definition) is 0. The molecule has 0 aliphatic heterocycles. The highest BCUT2D eigenvalue weighted by Crippen LogP contribution is 2.21. The van der Waals surface area contributed by atoms with Crippen LogP contribution in [0.5, 0.6) is 5.75 Å². The molecule has 0 saturated heterocycles. The van der Waals surface area contributed by atoms with Gasteiger partial charge in [0.1, 0.15) is 12.4 Å². The minimum Gasteiger partial charge on any atom is -0.487 e. The van der Waals surface area contributed by atoms with Crippen molar-refractivity contribution < 1.29 is 4.74 Å². The van der Waals surface area contributed by atoms with Gasteiger partial charge in [-0.05, 0) is 49.1 Å². The molecule has 1 aromatic heterocycles. The van der Waals surface area contributed by atoms with E-state index in [9.17, 15) is 0 Å². The second-order valence-corrected chi connectivity index (χ2v) is 5.04. The molecule has 0 spiro atoms. The number of para-hydroxylation sites is 1. The molecular formula is C18H19NO. The second-order valence-electron chi connectivity index (χ2n) is 5.04. The maximum absolute atomic E-state index is 5.92. The monoisotopic (exact) mass is 265 g/mol. The van der Waals surface area contributed by atoms with Gasteiger partial charge in [-0.15, -0.1) is 0 Å². The van der Waals surface area contributed by atoms with Gasteiger partial charge < -0.3 is 9.30 Å². The van der Waals surface area contributed by atoms with E-state index in [0.717, 1.165) is 12.3 Å². The molecule has 0 aliphatic rings. The molecule has 0 aliphatic carbocycles. The molecule has 102 valence electrons. The Morgan fingerprint density at radius 2 is 1.85 bits per heavy atom. The van der Waals surface area contributed by atoms with Crippen molar-refractivity contribution in [2.24, 2.45) is 0 Å². The Labute approximate surface area is 119 Å². The van der Waals surface area contributed by atoms with E-state index >= 15 is 0 Å². The van der Waals surface area contributed by atoms with Crippen LogP contribution in [0.2, 0.25) is 0 Å². The van der Waals surface area contributed by atoms with Crippen molar-refractivity contribution in [3.05, 3.63) is 65.9 Å². The summed E-state index contributed by atoms with van der Waals surface area (Å²) in [6, 6.07) is 18.9. The highest BCUT2D eigenvalue weighted by molar-refractivity contribution is 5.81. The van der Waals surface area contributed by atoms with Gasteiger partial charge in [0.2, 0.25) is 0 Å². The summed E-state index contributed by atoms with van der Waals surface area (Å²) in [7, 11) is 0. The molecule has 3 aromatic rings. The Morgan fingerprint density at radius 1 is 1.00 bits per heavy atom. The highest BCUT2D eigenvalue weighted by atomic mass is 16.5.